The molecule has 2 N–H and O–H groups in total. The van der Waals surface area contributed by atoms with Crippen LogP contribution in [0.3, 0.4) is 0 Å². The van der Waals surface area contributed by atoms with Gasteiger partial charge in [0.05, 0.1) is 5.60 Å². The van der Waals surface area contributed by atoms with Crippen LogP contribution in [0.2, 0.25) is 0 Å². The van der Waals surface area contributed by atoms with Gasteiger partial charge in [-0.15, -0.1) is 0 Å². The number of ether oxygens (including phenoxy) is 2. The van der Waals surface area contributed by atoms with E-state index in [-0.39, 0.29) is 35.1 Å². The molecular weight excluding hydrogens is 355 g/mol. The van der Waals surface area contributed by atoms with Gasteiger partial charge in [-0.25, -0.2) is 9.59 Å². The number of nitrogens with one attached hydrogen (secondary N) is 2. The number of rotatable bonds is 0. The lowest BCUT2D eigenvalue weighted by atomic mass is 9.78. The smallest absolute Gasteiger partial charge is 0.334 e. The SMILES string of the molecule is C=C1C(=O)O[C@@H]2[C@H]3C(C)=CC[C@@]34O[C@@]4(C)CC[C@@H]12.O=c1[nH]cc(F)c(=O)[nH]1. The molecule has 1 aromatic rings. The fourth-order valence-electron chi connectivity index (χ4n) is 4.84. The third kappa shape index (κ3) is 2.54. The van der Waals surface area contributed by atoms with Crippen molar-refractivity contribution in [2.45, 2.75) is 50.4 Å². The maximum atomic E-state index is 12.0. The molecule has 0 amide bonds. The molecule has 2 aliphatic carbocycles. The van der Waals surface area contributed by atoms with E-state index in [2.05, 4.69) is 26.5 Å². The fourth-order valence-corrected chi connectivity index (χ4v) is 4.84. The summed E-state index contributed by atoms with van der Waals surface area (Å²) in [5.41, 5.74) is 0.155. The van der Waals surface area contributed by atoms with Crippen molar-refractivity contribution in [3.8, 4) is 0 Å². The van der Waals surface area contributed by atoms with Crippen LogP contribution in [0.25, 0.3) is 0 Å². The molecule has 27 heavy (non-hydrogen) atoms. The topological polar surface area (TPSA) is 105 Å². The van der Waals surface area contributed by atoms with Crippen LogP contribution in [0, 0.1) is 17.7 Å². The summed E-state index contributed by atoms with van der Waals surface area (Å²) in [6.07, 6.45) is 5.84. The van der Waals surface area contributed by atoms with Gasteiger partial charge in [-0.2, -0.15) is 4.39 Å². The number of H-pyrrole nitrogens is 2. The monoisotopic (exact) mass is 376 g/mol. The molecule has 0 bridgehead atoms. The number of halogens is 1. The second-order valence-electron chi connectivity index (χ2n) is 7.81. The van der Waals surface area contributed by atoms with Crippen molar-refractivity contribution in [3.63, 3.8) is 0 Å². The van der Waals surface area contributed by atoms with E-state index in [4.69, 9.17) is 9.47 Å². The first-order valence-electron chi connectivity index (χ1n) is 8.93. The van der Waals surface area contributed by atoms with Crippen molar-refractivity contribution in [2.24, 2.45) is 11.8 Å². The van der Waals surface area contributed by atoms with Gasteiger partial charge in [0.1, 0.15) is 11.7 Å². The van der Waals surface area contributed by atoms with Crippen LogP contribution in [0.5, 0.6) is 0 Å². The predicted octanol–water partition coefficient (Wildman–Crippen LogP) is 1.57. The van der Waals surface area contributed by atoms with Crippen LogP contribution in [0.4, 0.5) is 4.39 Å². The molecule has 0 radical (unpaired) electrons. The predicted molar refractivity (Wildman–Crippen MR) is 93.5 cm³/mol. The minimum atomic E-state index is -1.00. The van der Waals surface area contributed by atoms with E-state index in [9.17, 15) is 18.8 Å². The molecule has 0 aromatic carbocycles. The summed E-state index contributed by atoms with van der Waals surface area (Å²) < 4.78 is 23.7. The summed E-state index contributed by atoms with van der Waals surface area (Å²) in [7, 11) is 0. The Morgan fingerprint density at radius 2 is 2.07 bits per heavy atom. The molecule has 144 valence electrons. The van der Waals surface area contributed by atoms with E-state index >= 15 is 0 Å². The van der Waals surface area contributed by atoms with Gasteiger partial charge in [-0.1, -0.05) is 18.2 Å². The zero-order valence-electron chi connectivity index (χ0n) is 15.1. The number of aromatic amines is 2. The molecule has 0 unspecified atom stereocenters. The zero-order chi connectivity index (χ0) is 19.6. The molecule has 1 saturated carbocycles. The lowest BCUT2D eigenvalue weighted by molar-refractivity contribution is -0.141. The molecular formula is C19H21FN2O5. The molecule has 1 aromatic heterocycles. The lowest BCUT2D eigenvalue weighted by Crippen LogP contribution is -2.37. The zero-order valence-corrected chi connectivity index (χ0v) is 15.1. The lowest BCUT2D eigenvalue weighted by Gasteiger charge is -2.26. The van der Waals surface area contributed by atoms with E-state index in [1.54, 1.807) is 4.98 Å². The Morgan fingerprint density at radius 3 is 2.74 bits per heavy atom. The number of hydrogen-bond donors (Lipinski definition) is 2. The minimum Gasteiger partial charge on any atom is -0.458 e. The number of carbonyl (C=O) groups excluding carboxylic acids is 1. The van der Waals surface area contributed by atoms with Gasteiger partial charge in [0, 0.05) is 23.6 Å². The summed E-state index contributed by atoms with van der Waals surface area (Å²) in [6.45, 7) is 8.27. The van der Waals surface area contributed by atoms with Crippen molar-refractivity contribution in [1.82, 2.24) is 9.97 Å². The Hall–Kier alpha value is -2.48. The van der Waals surface area contributed by atoms with Gasteiger partial charge in [0.25, 0.3) is 5.56 Å². The quantitative estimate of drug-likeness (QED) is 0.310. The summed E-state index contributed by atoms with van der Waals surface area (Å²) in [5, 5.41) is 0. The molecule has 3 heterocycles. The summed E-state index contributed by atoms with van der Waals surface area (Å²) in [5.74, 6) is -0.772. The van der Waals surface area contributed by atoms with Crippen LogP contribution in [-0.2, 0) is 14.3 Å². The number of epoxide rings is 1. The van der Waals surface area contributed by atoms with E-state index in [0.717, 1.165) is 19.3 Å². The molecule has 1 spiro atoms. The van der Waals surface area contributed by atoms with Crippen LogP contribution >= 0.6 is 0 Å². The van der Waals surface area contributed by atoms with Crippen molar-refractivity contribution in [2.75, 3.05) is 0 Å². The van der Waals surface area contributed by atoms with E-state index in [1.165, 1.54) is 5.57 Å². The van der Waals surface area contributed by atoms with Crippen molar-refractivity contribution in [1.29, 1.82) is 0 Å². The van der Waals surface area contributed by atoms with Gasteiger partial charge in [-0.3, -0.25) is 9.78 Å². The first-order chi connectivity index (χ1) is 12.7. The van der Waals surface area contributed by atoms with Gasteiger partial charge < -0.3 is 14.5 Å². The Morgan fingerprint density at radius 1 is 1.33 bits per heavy atom. The number of esters is 1. The van der Waals surface area contributed by atoms with E-state index in [0.29, 0.717) is 11.8 Å². The Balaban J connectivity index is 0.000000170. The minimum absolute atomic E-state index is 0.0248. The first-order valence-corrected chi connectivity index (χ1v) is 8.93. The molecule has 8 heteroatoms. The Labute approximate surface area is 154 Å². The largest absolute Gasteiger partial charge is 0.458 e. The highest BCUT2D eigenvalue weighted by molar-refractivity contribution is 5.91. The van der Waals surface area contributed by atoms with Crippen molar-refractivity contribution >= 4 is 5.97 Å². The molecule has 4 aliphatic rings. The first kappa shape index (κ1) is 17.9. The molecule has 5 rings (SSSR count). The Kier molecular flexibility index (Phi) is 3.82. The third-order valence-electron chi connectivity index (χ3n) is 6.37. The van der Waals surface area contributed by atoms with Gasteiger partial charge >= 0.3 is 11.7 Å². The maximum Gasteiger partial charge on any atom is 0.334 e. The highest BCUT2D eigenvalue weighted by Crippen LogP contribution is 2.67. The van der Waals surface area contributed by atoms with Gasteiger partial charge in [0.2, 0.25) is 5.82 Å². The third-order valence-corrected chi connectivity index (χ3v) is 6.37. The van der Waals surface area contributed by atoms with E-state index in [1.807, 2.05) is 4.98 Å². The molecule has 2 aliphatic heterocycles. The van der Waals surface area contributed by atoms with E-state index < -0.39 is 17.1 Å². The number of aromatic nitrogens is 2. The highest BCUT2D eigenvalue weighted by atomic mass is 19.1. The second kappa shape index (κ2) is 5.76. The molecule has 3 fully saturated rings. The molecule has 5 atom stereocenters. The average molecular weight is 376 g/mol. The molecule has 2 saturated heterocycles. The normalized spacial score (nSPS) is 38.5. The second-order valence-corrected chi connectivity index (χ2v) is 7.81. The average Bonchev–Trinajstić information content (AvgIpc) is 2.95. The number of carbonyl (C=O) groups is 1. The number of fused-ring (bicyclic) bond motifs is 2. The van der Waals surface area contributed by atoms with Crippen LogP contribution in [0.15, 0.2) is 39.6 Å². The summed E-state index contributed by atoms with van der Waals surface area (Å²) in [6, 6.07) is 0. The van der Waals surface area contributed by atoms with Gasteiger partial charge in [0.15, 0.2) is 0 Å². The fraction of sp³-hybridized carbons (Fsp3) is 0.526. The van der Waals surface area contributed by atoms with Crippen LogP contribution in [0.1, 0.15) is 33.1 Å². The highest BCUT2D eigenvalue weighted by Gasteiger charge is 2.75. The standard InChI is InChI=1S/C15H18O3.C4H3FN2O2/c1-8-4-7-15-11(8)12-10(9(2)13(16)17-12)5-6-14(15,3)18-15;5-2-1-6-4(9)7-3(2)8/h4,10-12H,2,5-7H2,1,3H3;1H,(H2,6,7,8,9)/t10-,11+,12-,14-,15+;/m0./s1. The van der Waals surface area contributed by atoms with Gasteiger partial charge in [-0.05, 0) is 33.1 Å². The Bertz CT molecular complexity index is 979. The van der Waals surface area contributed by atoms with Crippen LogP contribution < -0.4 is 11.2 Å². The summed E-state index contributed by atoms with van der Waals surface area (Å²) in [4.78, 5) is 35.8. The summed E-state index contributed by atoms with van der Waals surface area (Å²) >= 11 is 0. The maximum absolute atomic E-state index is 12.0. The molecule has 7 nitrogen and oxygen atoms in total. The van der Waals surface area contributed by atoms with Crippen molar-refractivity contribution < 1.29 is 18.7 Å². The van der Waals surface area contributed by atoms with Crippen molar-refractivity contribution in [3.05, 3.63) is 56.7 Å². The number of hydrogen-bond acceptors (Lipinski definition) is 5. The van der Waals surface area contributed by atoms with Crippen LogP contribution in [-0.4, -0.2) is 33.2 Å².